The lowest BCUT2D eigenvalue weighted by atomic mass is 10.0. The highest BCUT2D eigenvalue weighted by atomic mass is 19.1. The Morgan fingerprint density at radius 3 is 2.39 bits per heavy atom. The first-order valence-electron chi connectivity index (χ1n) is 10.8. The topological polar surface area (TPSA) is 71.8 Å². The predicted molar refractivity (Wildman–Crippen MR) is 126 cm³/mol. The second-order valence-corrected chi connectivity index (χ2v) is 7.81. The van der Waals surface area contributed by atoms with Gasteiger partial charge in [0.1, 0.15) is 11.9 Å². The Morgan fingerprint density at radius 2 is 1.67 bits per heavy atom. The first-order chi connectivity index (χ1) is 16.2. The van der Waals surface area contributed by atoms with Crippen LogP contribution in [0.4, 0.5) is 16.3 Å². The second kappa shape index (κ2) is 9.08. The maximum absolute atomic E-state index is 13.5. The molecule has 0 fully saturated rings. The summed E-state index contributed by atoms with van der Waals surface area (Å²) in [5.41, 5.74) is 3.82. The fourth-order valence-corrected chi connectivity index (χ4v) is 3.82. The zero-order valence-electron chi connectivity index (χ0n) is 17.8. The Hall–Kier alpha value is -4.26. The number of halogens is 1. The SMILES string of the molecule is O=C(CCc1ccccc1)Nc1nc2n(n1)[C@@H](c1ccc(F)cc1)C=C(c1ccccc1)N2. The van der Waals surface area contributed by atoms with Crippen LogP contribution in [0.25, 0.3) is 5.70 Å². The number of nitrogens with zero attached hydrogens (tertiary/aromatic N) is 3. The smallest absolute Gasteiger partial charge is 0.250 e. The van der Waals surface area contributed by atoms with Gasteiger partial charge < -0.3 is 5.32 Å². The molecule has 1 atom stereocenters. The molecule has 0 saturated carbocycles. The van der Waals surface area contributed by atoms with Crippen molar-refractivity contribution in [2.75, 3.05) is 10.6 Å². The molecule has 7 heteroatoms. The van der Waals surface area contributed by atoms with Gasteiger partial charge in [-0.2, -0.15) is 4.98 Å². The van der Waals surface area contributed by atoms with E-state index < -0.39 is 0 Å². The third kappa shape index (κ3) is 4.67. The molecule has 5 rings (SSSR count). The number of rotatable bonds is 6. The lowest BCUT2D eigenvalue weighted by Crippen LogP contribution is -2.20. The third-order valence-electron chi connectivity index (χ3n) is 5.50. The molecule has 1 amide bonds. The first-order valence-corrected chi connectivity index (χ1v) is 10.8. The summed E-state index contributed by atoms with van der Waals surface area (Å²) >= 11 is 0. The Bertz CT molecular complexity index is 1280. The van der Waals surface area contributed by atoms with Gasteiger partial charge in [0.15, 0.2) is 0 Å². The summed E-state index contributed by atoms with van der Waals surface area (Å²) in [6.07, 6.45) is 2.98. The van der Waals surface area contributed by atoms with Gasteiger partial charge in [-0.25, -0.2) is 9.07 Å². The van der Waals surface area contributed by atoms with Crippen molar-refractivity contribution in [2.24, 2.45) is 0 Å². The minimum absolute atomic E-state index is 0.156. The average Bonchev–Trinajstić information content (AvgIpc) is 3.26. The second-order valence-electron chi connectivity index (χ2n) is 7.81. The Kier molecular flexibility index (Phi) is 5.68. The van der Waals surface area contributed by atoms with Crippen molar-refractivity contribution in [1.29, 1.82) is 0 Å². The number of fused-ring (bicyclic) bond motifs is 1. The minimum atomic E-state index is -0.306. The van der Waals surface area contributed by atoms with Crippen molar-refractivity contribution in [3.63, 3.8) is 0 Å². The van der Waals surface area contributed by atoms with Crippen LogP contribution in [0.1, 0.15) is 29.2 Å². The number of aromatic nitrogens is 3. The molecule has 0 saturated heterocycles. The van der Waals surface area contributed by atoms with E-state index >= 15 is 0 Å². The van der Waals surface area contributed by atoms with Crippen molar-refractivity contribution in [3.8, 4) is 0 Å². The average molecular weight is 439 g/mol. The molecule has 0 aliphatic carbocycles. The van der Waals surface area contributed by atoms with Gasteiger partial charge in [-0.1, -0.05) is 72.8 Å². The number of carbonyl (C=O) groups excluding carboxylic acids is 1. The van der Waals surface area contributed by atoms with Crippen LogP contribution in [0, 0.1) is 5.82 Å². The number of hydrogen-bond acceptors (Lipinski definition) is 4. The molecule has 1 aliphatic rings. The van der Waals surface area contributed by atoms with Crippen LogP contribution in [0.3, 0.4) is 0 Å². The summed E-state index contributed by atoms with van der Waals surface area (Å²) in [4.78, 5) is 17.0. The number of hydrogen-bond donors (Lipinski definition) is 2. The molecule has 164 valence electrons. The Balaban J connectivity index is 1.40. The van der Waals surface area contributed by atoms with Crippen LogP contribution in [-0.2, 0) is 11.2 Å². The van der Waals surface area contributed by atoms with Crippen LogP contribution >= 0.6 is 0 Å². The zero-order chi connectivity index (χ0) is 22.6. The van der Waals surface area contributed by atoms with E-state index in [1.165, 1.54) is 12.1 Å². The van der Waals surface area contributed by atoms with Crippen molar-refractivity contribution in [2.45, 2.75) is 18.9 Å². The quantitative estimate of drug-likeness (QED) is 0.441. The highest BCUT2D eigenvalue weighted by molar-refractivity contribution is 5.89. The molecular formula is C26H22FN5O. The van der Waals surface area contributed by atoms with Gasteiger partial charge in [0, 0.05) is 12.1 Å². The molecule has 2 N–H and O–H groups in total. The van der Waals surface area contributed by atoms with Crippen molar-refractivity contribution in [3.05, 3.63) is 114 Å². The summed E-state index contributed by atoms with van der Waals surface area (Å²) in [5, 5.41) is 10.6. The summed E-state index contributed by atoms with van der Waals surface area (Å²) in [6, 6.07) is 25.7. The number of carbonyl (C=O) groups is 1. The summed E-state index contributed by atoms with van der Waals surface area (Å²) in [5.74, 6) is 0.274. The zero-order valence-corrected chi connectivity index (χ0v) is 17.8. The lowest BCUT2D eigenvalue weighted by Gasteiger charge is -2.24. The molecule has 0 radical (unpaired) electrons. The molecule has 1 aromatic heterocycles. The molecule has 0 unspecified atom stereocenters. The van der Waals surface area contributed by atoms with Gasteiger partial charge in [0.25, 0.3) is 5.95 Å². The molecular weight excluding hydrogens is 417 g/mol. The standard InChI is InChI=1S/C26H22FN5O/c27-21-14-12-20(13-15-21)23-17-22(19-9-5-2-6-10-19)28-26-30-25(31-32(23)26)29-24(33)16-11-18-7-3-1-4-8-18/h1-10,12-15,17,23H,11,16H2,(H2,28,29,30,31,33)/t23-/m1/s1. The number of nitrogens with one attached hydrogen (secondary N) is 2. The number of anilines is 2. The van der Waals surface area contributed by atoms with Gasteiger partial charge >= 0.3 is 0 Å². The van der Waals surface area contributed by atoms with E-state index in [0.29, 0.717) is 18.8 Å². The molecule has 0 bridgehead atoms. The summed E-state index contributed by atoms with van der Waals surface area (Å²) in [6.45, 7) is 0. The minimum Gasteiger partial charge on any atom is -0.324 e. The van der Waals surface area contributed by atoms with E-state index in [-0.39, 0.29) is 23.7 Å². The normalized spacial score (nSPS) is 14.7. The van der Waals surface area contributed by atoms with Crippen LogP contribution in [0.15, 0.2) is 91.0 Å². The molecule has 1 aliphatic heterocycles. The van der Waals surface area contributed by atoms with Crippen molar-refractivity contribution < 1.29 is 9.18 Å². The van der Waals surface area contributed by atoms with E-state index in [4.69, 9.17) is 0 Å². The van der Waals surface area contributed by atoms with Gasteiger partial charge in [-0.15, -0.1) is 5.10 Å². The Morgan fingerprint density at radius 1 is 0.970 bits per heavy atom. The van der Waals surface area contributed by atoms with E-state index in [9.17, 15) is 9.18 Å². The number of benzene rings is 3. The van der Waals surface area contributed by atoms with Gasteiger partial charge in [0.05, 0.1) is 0 Å². The Labute approximate surface area is 190 Å². The number of amides is 1. The van der Waals surface area contributed by atoms with Gasteiger partial charge in [0.2, 0.25) is 11.9 Å². The first kappa shape index (κ1) is 20.6. The maximum Gasteiger partial charge on any atom is 0.250 e. The van der Waals surface area contributed by atoms with Crippen molar-refractivity contribution >= 4 is 23.5 Å². The van der Waals surface area contributed by atoms with Crippen molar-refractivity contribution in [1.82, 2.24) is 14.8 Å². The molecule has 3 aromatic carbocycles. The molecule has 2 heterocycles. The predicted octanol–water partition coefficient (Wildman–Crippen LogP) is 5.04. The van der Waals surface area contributed by atoms with Crippen LogP contribution < -0.4 is 10.6 Å². The molecule has 6 nitrogen and oxygen atoms in total. The lowest BCUT2D eigenvalue weighted by molar-refractivity contribution is -0.116. The largest absolute Gasteiger partial charge is 0.324 e. The molecule has 0 spiro atoms. The molecule has 4 aromatic rings. The highest BCUT2D eigenvalue weighted by Gasteiger charge is 2.25. The molecule has 33 heavy (non-hydrogen) atoms. The van der Waals surface area contributed by atoms with E-state index in [2.05, 4.69) is 20.7 Å². The van der Waals surface area contributed by atoms with Gasteiger partial charge in [-0.05, 0) is 41.3 Å². The monoisotopic (exact) mass is 439 g/mol. The number of allylic oxidation sites excluding steroid dienone is 1. The van der Waals surface area contributed by atoms with E-state index in [0.717, 1.165) is 22.4 Å². The van der Waals surface area contributed by atoms with E-state index in [1.807, 2.05) is 66.7 Å². The summed E-state index contributed by atoms with van der Waals surface area (Å²) in [7, 11) is 0. The number of aryl methyl sites for hydroxylation is 1. The van der Waals surface area contributed by atoms with Crippen LogP contribution in [0.2, 0.25) is 0 Å². The fraction of sp³-hybridized carbons (Fsp3) is 0.115. The fourth-order valence-electron chi connectivity index (χ4n) is 3.82. The van der Waals surface area contributed by atoms with Crippen LogP contribution in [-0.4, -0.2) is 20.7 Å². The highest BCUT2D eigenvalue weighted by Crippen LogP contribution is 2.33. The maximum atomic E-state index is 13.5. The van der Waals surface area contributed by atoms with Crippen LogP contribution in [0.5, 0.6) is 0 Å². The third-order valence-corrected chi connectivity index (χ3v) is 5.50. The van der Waals surface area contributed by atoms with Gasteiger partial charge in [-0.3, -0.25) is 10.1 Å². The summed E-state index contributed by atoms with van der Waals surface area (Å²) < 4.78 is 15.2. The van der Waals surface area contributed by atoms with E-state index in [1.54, 1.807) is 16.8 Å².